The van der Waals surface area contributed by atoms with E-state index < -0.39 is 17.9 Å². The zero-order valence-corrected chi connectivity index (χ0v) is 26.8. The van der Waals surface area contributed by atoms with Crippen LogP contribution in [0.5, 0.6) is 0 Å². The highest BCUT2D eigenvalue weighted by molar-refractivity contribution is 5.86. The van der Waals surface area contributed by atoms with Crippen molar-refractivity contribution in [2.75, 3.05) is 19.7 Å². The molecular formula is C36H42N6O5. The van der Waals surface area contributed by atoms with Gasteiger partial charge in [-0.25, -0.2) is 9.78 Å². The summed E-state index contributed by atoms with van der Waals surface area (Å²) in [5, 5.41) is 35.7. The fourth-order valence-corrected chi connectivity index (χ4v) is 5.56. The number of hydrogen-bond acceptors (Lipinski definition) is 7. The first-order valence-corrected chi connectivity index (χ1v) is 15.8. The van der Waals surface area contributed by atoms with Gasteiger partial charge in [0.05, 0.1) is 30.9 Å². The second kappa shape index (κ2) is 17.0. The third-order valence-corrected chi connectivity index (χ3v) is 8.40. The van der Waals surface area contributed by atoms with Crippen molar-refractivity contribution < 1.29 is 24.6 Å². The van der Waals surface area contributed by atoms with Crippen LogP contribution in [0.25, 0.3) is 10.8 Å². The number of benzene rings is 3. The first-order chi connectivity index (χ1) is 22.7. The van der Waals surface area contributed by atoms with E-state index in [2.05, 4.69) is 28.6 Å². The van der Waals surface area contributed by atoms with Crippen LogP contribution in [0.15, 0.2) is 79.3 Å². The van der Waals surface area contributed by atoms with E-state index in [0.29, 0.717) is 25.2 Å². The molecule has 0 bridgehead atoms. The summed E-state index contributed by atoms with van der Waals surface area (Å²) < 4.78 is 1.90. The van der Waals surface area contributed by atoms with E-state index in [1.807, 2.05) is 71.0 Å². The molecule has 4 N–H and O–H groups in total. The molecule has 1 aromatic heterocycles. The number of imidazole rings is 1. The predicted molar refractivity (Wildman–Crippen MR) is 178 cm³/mol. The van der Waals surface area contributed by atoms with E-state index in [-0.39, 0.29) is 43.9 Å². The van der Waals surface area contributed by atoms with Crippen LogP contribution in [0, 0.1) is 17.2 Å². The lowest BCUT2D eigenvalue weighted by Gasteiger charge is -2.31. The maximum atomic E-state index is 13.5. The van der Waals surface area contributed by atoms with E-state index in [1.165, 1.54) is 0 Å². The number of carbonyl (C=O) groups excluding carboxylic acids is 2. The van der Waals surface area contributed by atoms with Gasteiger partial charge >= 0.3 is 5.97 Å². The first-order valence-electron chi connectivity index (χ1n) is 15.8. The van der Waals surface area contributed by atoms with Gasteiger partial charge in [-0.2, -0.15) is 5.26 Å². The Bertz CT molecular complexity index is 1690. The van der Waals surface area contributed by atoms with Gasteiger partial charge in [-0.3, -0.25) is 14.5 Å². The number of aromatic nitrogens is 2. The van der Waals surface area contributed by atoms with Gasteiger partial charge in [-0.15, -0.1) is 0 Å². The number of aliphatic hydroxyl groups excluding tert-OH is 1. The normalized spacial score (nSPS) is 13.1. The number of nitrogens with one attached hydrogen (secondary N) is 2. The van der Waals surface area contributed by atoms with Crippen LogP contribution in [-0.2, 0) is 33.9 Å². The Morgan fingerprint density at radius 1 is 1.02 bits per heavy atom. The summed E-state index contributed by atoms with van der Waals surface area (Å²) in [5.41, 5.74) is 3.30. The van der Waals surface area contributed by atoms with Crippen LogP contribution in [-0.4, -0.2) is 74.2 Å². The number of nitrogens with zero attached hydrogens (tertiary/aromatic N) is 4. The van der Waals surface area contributed by atoms with Crippen LogP contribution >= 0.6 is 0 Å². The number of amides is 2. The monoisotopic (exact) mass is 638 g/mol. The van der Waals surface area contributed by atoms with E-state index in [0.717, 1.165) is 34.0 Å². The molecule has 3 unspecified atom stereocenters. The van der Waals surface area contributed by atoms with Crippen molar-refractivity contribution >= 4 is 28.6 Å². The number of fused-ring (bicyclic) bond motifs is 1. The molecule has 0 aliphatic rings. The zero-order valence-electron chi connectivity index (χ0n) is 26.8. The summed E-state index contributed by atoms with van der Waals surface area (Å²) in [7, 11) is 0. The minimum atomic E-state index is -1.21. The molecule has 2 amide bonds. The van der Waals surface area contributed by atoms with Crippen molar-refractivity contribution in [1.29, 1.82) is 5.26 Å². The fraction of sp³-hybridized carbons (Fsp3) is 0.361. The van der Waals surface area contributed by atoms with Crippen molar-refractivity contribution in [3.05, 3.63) is 102 Å². The Morgan fingerprint density at radius 3 is 2.47 bits per heavy atom. The number of carbonyl (C=O) groups is 3. The Balaban J connectivity index is 1.52. The number of hydrogen-bond donors (Lipinski definition) is 4. The number of rotatable bonds is 17. The van der Waals surface area contributed by atoms with Crippen LogP contribution in [0.4, 0.5) is 0 Å². The Hall–Kier alpha value is -5.05. The average Bonchev–Trinajstić information content (AvgIpc) is 3.49. The summed E-state index contributed by atoms with van der Waals surface area (Å²) in [6.45, 7) is 4.88. The van der Waals surface area contributed by atoms with Gasteiger partial charge in [-0.1, -0.05) is 74.9 Å². The zero-order chi connectivity index (χ0) is 33.8. The first kappa shape index (κ1) is 34.8. The molecule has 3 atom stereocenters. The SMILES string of the molecule is CCC(C)C(CN(CC(=O)NC(CCO)C(=O)O)Cc1cccc2ccccc12)NC(=O)Cc1cncn1Cc1ccc(C#N)cc1. The topological polar surface area (TPSA) is 161 Å². The standard InChI is InChI=1S/C36H42N6O5/c1-3-25(2)33(40-34(44)17-30-19-38-24-42(30)20-27-13-11-26(18-37)12-14-27)22-41(23-35(45)39-32(15-16-43)36(46)47)21-29-9-6-8-28-7-4-5-10-31(28)29/h4-14,19,24-25,32-33,43H,3,15-17,20-23H2,1-2H3,(H,39,45)(H,40,44)(H,46,47). The Morgan fingerprint density at radius 2 is 1.77 bits per heavy atom. The minimum Gasteiger partial charge on any atom is -0.480 e. The molecule has 0 aliphatic carbocycles. The third-order valence-electron chi connectivity index (χ3n) is 8.40. The van der Waals surface area contributed by atoms with E-state index in [1.54, 1.807) is 24.7 Å². The molecule has 0 saturated carbocycles. The van der Waals surface area contributed by atoms with Crippen LogP contribution in [0.2, 0.25) is 0 Å². The molecule has 0 spiro atoms. The molecule has 0 radical (unpaired) electrons. The number of aliphatic hydroxyl groups is 1. The molecule has 0 fully saturated rings. The highest BCUT2D eigenvalue weighted by atomic mass is 16.4. The maximum absolute atomic E-state index is 13.5. The third kappa shape index (κ3) is 9.97. The largest absolute Gasteiger partial charge is 0.480 e. The van der Waals surface area contributed by atoms with Crippen molar-refractivity contribution in [2.45, 2.75) is 58.3 Å². The van der Waals surface area contributed by atoms with E-state index >= 15 is 0 Å². The van der Waals surface area contributed by atoms with Gasteiger partial charge in [-0.05, 0) is 39.9 Å². The second-order valence-corrected chi connectivity index (χ2v) is 11.8. The molecule has 0 saturated heterocycles. The van der Waals surface area contributed by atoms with Crippen molar-refractivity contribution in [3.8, 4) is 6.07 Å². The van der Waals surface area contributed by atoms with Gasteiger partial charge in [0.2, 0.25) is 11.8 Å². The molecule has 1 heterocycles. The summed E-state index contributed by atoms with van der Waals surface area (Å²) >= 11 is 0. The smallest absolute Gasteiger partial charge is 0.326 e. The lowest BCUT2D eigenvalue weighted by Crippen LogP contribution is -2.51. The van der Waals surface area contributed by atoms with Gasteiger partial charge < -0.3 is 25.4 Å². The second-order valence-electron chi connectivity index (χ2n) is 11.8. The lowest BCUT2D eigenvalue weighted by molar-refractivity contribution is -0.142. The maximum Gasteiger partial charge on any atom is 0.326 e. The molecule has 246 valence electrons. The molecule has 4 rings (SSSR count). The van der Waals surface area contributed by atoms with Gasteiger partial charge in [0.15, 0.2) is 0 Å². The molecule has 0 aliphatic heterocycles. The molecule has 11 heteroatoms. The quantitative estimate of drug-likeness (QED) is 0.137. The van der Waals surface area contributed by atoms with Gasteiger partial charge in [0.1, 0.15) is 6.04 Å². The van der Waals surface area contributed by atoms with Crippen molar-refractivity contribution in [3.63, 3.8) is 0 Å². The highest BCUT2D eigenvalue weighted by Crippen LogP contribution is 2.21. The van der Waals surface area contributed by atoms with Crippen LogP contribution < -0.4 is 10.6 Å². The van der Waals surface area contributed by atoms with Gasteiger partial charge in [0.25, 0.3) is 0 Å². The molecule has 47 heavy (non-hydrogen) atoms. The fourth-order valence-electron chi connectivity index (χ4n) is 5.56. The van der Waals surface area contributed by atoms with E-state index in [4.69, 9.17) is 5.26 Å². The summed E-state index contributed by atoms with van der Waals surface area (Å²) in [5.74, 6) is -1.80. The molecule has 4 aromatic rings. The number of carboxylic acids is 1. The van der Waals surface area contributed by atoms with Gasteiger partial charge in [0, 0.05) is 50.6 Å². The van der Waals surface area contributed by atoms with Crippen molar-refractivity contribution in [2.24, 2.45) is 5.92 Å². The average molecular weight is 639 g/mol. The minimum absolute atomic E-state index is 0.0711. The Kier molecular flexibility index (Phi) is 12.6. The number of carboxylic acid groups (broad SMARTS) is 1. The lowest BCUT2D eigenvalue weighted by atomic mass is 9.97. The molecular weight excluding hydrogens is 596 g/mol. The van der Waals surface area contributed by atoms with E-state index in [9.17, 15) is 24.6 Å². The molecule has 11 nitrogen and oxygen atoms in total. The van der Waals surface area contributed by atoms with Crippen molar-refractivity contribution in [1.82, 2.24) is 25.1 Å². The van der Waals surface area contributed by atoms with Crippen LogP contribution in [0.3, 0.4) is 0 Å². The number of aliphatic carboxylic acids is 1. The molecule has 3 aromatic carbocycles. The summed E-state index contributed by atoms with van der Waals surface area (Å²) in [4.78, 5) is 44.5. The highest BCUT2D eigenvalue weighted by Gasteiger charge is 2.26. The summed E-state index contributed by atoms with van der Waals surface area (Å²) in [6, 6.07) is 21.9. The summed E-state index contributed by atoms with van der Waals surface area (Å²) in [6.07, 6.45) is 4.14. The van der Waals surface area contributed by atoms with Crippen LogP contribution in [0.1, 0.15) is 49.1 Å². The predicted octanol–water partition coefficient (Wildman–Crippen LogP) is 3.48. The Labute approximate surface area is 274 Å². The number of nitriles is 1.